The van der Waals surface area contributed by atoms with Crippen LogP contribution >= 0.6 is 0 Å². The van der Waals surface area contributed by atoms with Gasteiger partial charge in [0.15, 0.2) is 0 Å². The highest BCUT2D eigenvalue weighted by Gasteiger charge is 2.41. The molecule has 2 aromatic heterocycles. The summed E-state index contributed by atoms with van der Waals surface area (Å²) in [4.78, 5) is 21.0. The highest BCUT2D eigenvalue weighted by atomic mass is 16.3. The molecule has 0 unspecified atom stereocenters. The average Bonchev–Trinajstić information content (AvgIpc) is 3.67. The van der Waals surface area contributed by atoms with Crippen LogP contribution in [-0.2, 0) is 17.9 Å². The highest BCUT2D eigenvalue weighted by Crippen LogP contribution is 2.40. The van der Waals surface area contributed by atoms with E-state index in [9.17, 15) is 9.90 Å². The van der Waals surface area contributed by atoms with E-state index in [1.165, 1.54) is 11.0 Å². The maximum atomic E-state index is 14.0. The molecule has 1 saturated heterocycles. The quantitative estimate of drug-likeness (QED) is 0.343. The molecule has 3 atom stereocenters. The van der Waals surface area contributed by atoms with Gasteiger partial charge in [0.25, 0.3) is 0 Å². The summed E-state index contributed by atoms with van der Waals surface area (Å²) in [5.74, 6) is 0.575. The van der Waals surface area contributed by atoms with Gasteiger partial charge in [-0.1, -0.05) is 81.4 Å². The van der Waals surface area contributed by atoms with Gasteiger partial charge in [0, 0.05) is 43.9 Å². The van der Waals surface area contributed by atoms with Gasteiger partial charge in [-0.2, -0.15) is 0 Å². The molecule has 1 aliphatic rings. The van der Waals surface area contributed by atoms with Gasteiger partial charge in [-0.3, -0.25) is 4.79 Å². The molecule has 1 aliphatic heterocycles. The van der Waals surface area contributed by atoms with Crippen LogP contribution in [-0.4, -0.2) is 71.4 Å². The molecule has 0 bridgehead atoms. The number of rotatable bonds is 9. The molecular formula is C29H36N8O2. The first-order valence-corrected chi connectivity index (χ1v) is 13.3. The number of aliphatic hydroxyl groups is 1. The molecular weight excluding hydrogens is 492 g/mol. The van der Waals surface area contributed by atoms with Crippen molar-refractivity contribution in [1.29, 1.82) is 0 Å². The fourth-order valence-corrected chi connectivity index (χ4v) is 5.29. The molecule has 0 aliphatic carbocycles. The Balaban J connectivity index is 1.60. The molecule has 10 heteroatoms. The van der Waals surface area contributed by atoms with Gasteiger partial charge in [-0.25, -0.2) is 9.67 Å². The van der Waals surface area contributed by atoms with Gasteiger partial charge in [0.1, 0.15) is 18.7 Å². The van der Waals surface area contributed by atoms with Crippen molar-refractivity contribution in [2.24, 2.45) is 11.3 Å². The molecule has 204 valence electrons. The minimum Gasteiger partial charge on any atom is -0.391 e. The van der Waals surface area contributed by atoms with Crippen LogP contribution in [0, 0.1) is 11.3 Å². The Kier molecular flexibility index (Phi) is 7.85. The van der Waals surface area contributed by atoms with Gasteiger partial charge in [-0.15, -0.1) is 5.10 Å². The van der Waals surface area contributed by atoms with Gasteiger partial charge >= 0.3 is 0 Å². The summed E-state index contributed by atoms with van der Waals surface area (Å²) >= 11 is 0. The van der Waals surface area contributed by atoms with Crippen molar-refractivity contribution < 1.29 is 9.90 Å². The van der Waals surface area contributed by atoms with Crippen molar-refractivity contribution in [3.63, 3.8) is 0 Å². The molecule has 0 spiro atoms. The van der Waals surface area contributed by atoms with Crippen LogP contribution in [0.3, 0.4) is 0 Å². The molecule has 1 fully saturated rings. The SMILES string of the molecule is CC(C)(C)[C@H](c1nc(-c2ccccc2)cn1Cc1ccccc1)N(C[C@H]1CNC[C@@H]1O)C(=O)Cn1cnnn1. The first-order valence-electron chi connectivity index (χ1n) is 13.3. The third kappa shape index (κ3) is 6.23. The average molecular weight is 529 g/mol. The number of hydrogen-bond acceptors (Lipinski definition) is 7. The number of aliphatic hydroxyl groups excluding tert-OH is 1. The lowest BCUT2D eigenvalue weighted by Crippen LogP contribution is -2.47. The fourth-order valence-electron chi connectivity index (χ4n) is 5.29. The summed E-state index contributed by atoms with van der Waals surface area (Å²) in [6.07, 6.45) is 2.99. The van der Waals surface area contributed by atoms with E-state index >= 15 is 0 Å². The minimum atomic E-state index is -0.530. The third-order valence-corrected chi connectivity index (χ3v) is 7.19. The number of nitrogens with one attached hydrogen (secondary N) is 1. The number of amides is 1. The zero-order chi connectivity index (χ0) is 27.4. The number of carbonyl (C=O) groups excluding carboxylic acids is 1. The molecule has 3 heterocycles. The Labute approximate surface area is 228 Å². The first kappa shape index (κ1) is 26.7. The zero-order valence-electron chi connectivity index (χ0n) is 22.7. The second-order valence-electron chi connectivity index (χ2n) is 11.3. The lowest BCUT2D eigenvalue weighted by molar-refractivity contribution is -0.139. The Hall–Kier alpha value is -3.89. The molecule has 1 amide bonds. The van der Waals surface area contributed by atoms with Crippen LogP contribution in [0.1, 0.15) is 38.2 Å². The maximum absolute atomic E-state index is 14.0. The summed E-state index contributed by atoms with van der Waals surface area (Å²) in [5.41, 5.74) is 2.64. The maximum Gasteiger partial charge on any atom is 0.245 e. The molecule has 0 saturated carbocycles. The standard InChI is InChI=1S/C29H36N8O2/c1-29(2,3)27(37(17-23-14-30-15-25(23)38)26(39)19-36-20-31-33-34-36)28-32-24(22-12-8-5-9-13-22)18-35(28)16-21-10-6-4-7-11-21/h4-13,18,20,23,25,27,30,38H,14-17,19H2,1-3H3/t23-,25+,27+/m1/s1. The van der Waals surface area contributed by atoms with Gasteiger partial charge < -0.3 is 19.9 Å². The summed E-state index contributed by atoms with van der Waals surface area (Å²) in [5, 5.41) is 25.2. The van der Waals surface area contributed by atoms with Gasteiger partial charge in [0.2, 0.25) is 5.91 Å². The number of nitrogens with zero attached hydrogens (tertiary/aromatic N) is 7. The summed E-state index contributed by atoms with van der Waals surface area (Å²) in [7, 11) is 0. The van der Waals surface area contributed by atoms with Crippen molar-refractivity contribution in [3.8, 4) is 11.3 Å². The van der Waals surface area contributed by atoms with E-state index in [2.05, 4.69) is 64.5 Å². The Morgan fingerprint density at radius 1 is 1.10 bits per heavy atom. The second-order valence-corrected chi connectivity index (χ2v) is 11.3. The smallest absolute Gasteiger partial charge is 0.245 e. The Morgan fingerprint density at radius 2 is 1.82 bits per heavy atom. The normalized spacial score (nSPS) is 18.3. The first-order chi connectivity index (χ1) is 18.8. The fraction of sp³-hybridized carbons (Fsp3) is 0.414. The predicted octanol–water partition coefficient (Wildman–Crippen LogP) is 2.78. The monoisotopic (exact) mass is 528 g/mol. The van der Waals surface area contributed by atoms with Gasteiger partial charge in [0.05, 0.1) is 17.8 Å². The van der Waals surface area contributed by atoms with Crippen molar-refractivity contribution >= 4 is 5.91 Å². The second kappa shape index (κ2) is 11.5. The molecule has 2 aromatic carbocycles. The molecule has 5 rings (SSSR count). The molecule has 10 nitrogen and oxygen atoms in total. The lowest BCUT2D eigenvalue weighted by atomic mass is 9.84. The van der Waals surface area contributed by atoms with E-state index in [-0.39, 0.29) is 29.8 Å². The number of β-amino-alcohol motifs (C(OH)–C–C–N with tert-alkyl or cyclic N) is 1. The van der Waals surface area contributed by atoms with Crippen LogP contribution < -0.4 is 5.32 Å². The lowest BCUT2D eigenvalue weighted by Gasteiger charge is -2.41. The van der Waals surface area contributed by atoms with E-state index in [0.717, 1.165) is 22.6 Å². The molecule has 2 N–H and O–H groups in total. The number of tetrazole rings is 1. The van der Waals surface area contributed by atoms with Gasteiger partial charge in [-0.05, 0) is 21.4 Å². The number of hydrogen-bond donors (Lipinski definition) is 2. The Bertz CT molecular complexity index is 1350. The molecule has 4 aromatic rings. The topological polar surface area (TPSA) is 114 Å². The summed E-state index contributed by atoms with van der Waals surface area (Å²) in [6, 6.07) is 20.0. The minimum absolute atomic E-state index is 0.000754. The molecule has 0 radical (unpaired) electrons. The largest absolute Gasteiger partial charge is 0.391 e. The third-order valence-electron chi connectivity index (χ3n) is 7.19. The van der Waals surface area contributed by atoms with Crippen molar-refractivity contribution in [2.75, 3.05) is 19.6 Å². The van der Waals surface area contributed by atoms with E-state index in [4.69, 9.17) is 4.98 Å². The van der Waals surface area contributed by atoms with Crippen LogP contribution in [0.2, 0.25) is 0 Å². The van der Waals surface area contributed by atoms with E-state index in [1.54, 1.807) is 0 Å². The number of aromatic nitrogens is 6. The number of imidazole rings is 1. The molecule has 39 heavy (non-hydrogen) atoms. The zero-order valence-corrected chi connectivity index (χ0v) is 22.7. The number of benzene rings is 2. The van der Waals surface area contributed by atoms with E-state index < -0.39 is 6.10 Å². The van der Waals surface area contributed by atoms with Crippen LogP contribution in [0.15, 0.2) is 73.2 Å². The Morgan fingerprint density at radius 3 is 2.44 bits per heavy atom. The predicted molar refractivity (Wildman–Crippen MR) is 147 cm³/mol. The highest BCUT2D eigenvalue weighted by molar-refractivity contribution is 5.76. The summed E-state index contributed by atoms with van der Waals surface area (Å²) in [6.45, 7) is 8.54. The van der Waals surface area contributed by atoms with Crippen molar-refractivity contribution in [1.82, 2.24) is 40.0 Å². The van der Waals surface area contributed by atoms with Crippen molar-refractivity contribution in [2.45, 2.75) is 46.0 Å². The van der Waals surface area contributed by atoms with Crippen LogP contribution in [0.25, 0.3) is 11.3 Å². The summed E-state index contributed by atoms with van der Waals surface area (Å²) < 4.78 is 3.60. The van der Waals surface area contributed by atoms with Crippen LogP contribution in [0.4, 0.5) is 0 Å². The van der Waals surface area contributed by atoms with E-state index in [1.807, 2.05) is 53.4 Å². The van der Waals surface area contributed by atoms with Crippen LogP contribution in [0.5, 0.6) is 0 Å². The number of carbonyl (C=O) groups is 1. The van der Waals surface area contributed by atoms with E-state index in [0.29, 0.717) is 26.2 Å². The van der Waals surface area contributed by atoms with Crippen molar-refractivity contribution in [3.05, 3.63) is 84.6 Å².